The van der Waals surface area contributed by atoms with E-state index in [1.165, 1.54) is 11.8 Å². The quantitative estimate of drug-likeness (QED) is 0.829. The molecule has 0 radical (unpaired) electrons. The van der Waals surface area contributed by atoms with Gasteiger partial charge in [-0.3, -0.25) is 4.79 Å². The first kappa shape index (κ1) is 14.3. The number of amides is 1. The molecule has 17 heavy (non-hydrogen) atoms. The summed E-state index contributed by atoms with van der Waals surface area (Å²) in [6, 6.07) is -0.950. The first-order valence-electron chi connectivity index (χ1n) is 5.84. The van der Waals surface area contributed by atoms with Crippen LogP contribution in [0.15, 0.2) is 0 Å². The number of carbonyl (C=O) groups excluding carboxylic acids is 1. The van der Waals surface area contributed by atoms with Crippen molar-refractivity contribution < 1.29 is 18.0 Å². The second-order valence-electron chi connectivity index (χ2n) is 4.86. The molecule has 1 aliphatic heterocycles. The summed E-state index contributed by atoms with van der Waals surface area (Å²) < 4.78 is 36.7. The average molecular weight is 252 g/mol. The molecule has 0 bridgehead atoms. The molecule has 0 spiro atoms. The van der Waals surface area contributed by atoms with Crippen molar-refractivity contribution in [3.05, 3.63) is 0 Å². The van der Waals surface area contributed by atoms with Crippen molar-refractivity contribution in [2.24, 2.45) is 0 Å². The van der Waals surface area contributed by atoms with E-state index in [9.17, 15) is 18.0 Å². The minimum absolute atomic E-state index is 0.154. The summed E-state index contributed by atoms with van der Waals surface area (Å²) in [5, 5.41) is 3.07. The predicted molar refractivity (Wildman–Crippen MR) is 58.5 cm³/mol. The Bertz CT molecular complexity index is 278. The smallest absolute Gasteiger partial charge is 0.338 e. The Labute approximate surface area is 99.4 Å². The van der Waals surface area contributed by atoms with E-state index in [1.807, 2.05) is 13.8 Å². The number of hydrogen-bond donors (Lipinski definition) is 1. The minimum atomic E-state index is -4.22. The number of nitrogens with zero attached hydrogens (tertiary/aromatic N) is 1. The van der Waals surface area contributed by atoms with Gasteiger partial charge in [-0.1, -0.05) is 13.8 Å². The number of rotatable bonds is 4. The van der Waals surface area contributed by atoms with Crippen LogP contribution >= 0.6 is 0 Å². The van der Waals surface area contributed by atoms with Crippen molar-refractivity contribution in [3.63, 3.8) is 0 Å². The van der Waals surface area contributed by atoms with E-state index < -0.39 is 18.6 Å². The molecule has 1 amide bonds. The first-order valence-corrected chi connectivity index (χ1v) is 5.84. The van der Waals surface area contributed by atoms with Gasteiger partial charge in [0.15, 0.2) is 0 Å². The van der Waals surface area contributed by atoms with Gasteiger partial charge in [0.2, 0.25) is 5.91 Å². The maximum atomic E-state index is 12.2. The molecule has 1 heterocycles. The topological polar surface area (TPSA) is 32.3 Å². The number of carbonyl (C=O) groups is 1. The highest BCUT2D eigenvalue weighted by Gasteiger charge is 2.39. The monoisotopic (exact) mass is 252 g/mol. The fraction of sp³-hybridized carbons (Fsp3) is 0.909. The first-order chi connectivity index (χ1) is 7.70. The lowest BCUT2D eigenvalue weighted by atomic mass is 10.2. The highest BCUT2D eigenvalue weighted by Crippen LogP contribution is 2.26. The van der Waals surface area contributed by atoms with Gasteiger partial charge in [-0.15, -0.1) is 0 Å². The van der Waals surface area contributed by atoms with Crippen molar-refractivity contribution in [2.75, 3.05) is 6.54 Å². The molecule has 3 nitrogen and oxygen atoms in total. The van der Waals surface area contributed by atoms with Crippen molar-refractivity contribution in [2.45, 2.75) is 57.9 Å². The highest BCUT2D eigenvalue weighted by atomic mass is 19.4. The Morgan fingerprint density at radius 3 is 2.47 bits per heavy atom. The molecule has 0 aromatic carbocycles. The van der Waals surface area contributed by atoms with Crippen LogP contribution < -0.4 is 5.32 Å². The number of alkyl halides is 3. The van der Waals surface area contributed by atoms with E-state index in [1.54, 1.807) is 0 Å². The number of halogens is 3. The van der Waals surface area contributed by atoms with Crippen LogP contribution in [0.25, 0.3) is 0 Å². The third-order valence-electron chi connectivity index (χ3n) is 2.83. The van der Waals surface area contributed by atoms with Crippen molar-refractivity contribution in [1.29, 1.82) is 0 Å². The zero-order valence-electron chi connectivity index (χ0n) is 10.3. The summed E-state index contributed by atoms with van der Waals surface area (Å²) in [7, 11) is 0. The van der Waals surface area contributed by atoms with Gasteiger partial charge in [-0.2, -0.15) is 13.2 Å². The van der Waals surface area contributed by atoms with Gasteiger partial charge in [-0.05, 0) is 13.3 Å². The van der Waals surface area contributed by atoms with Crippen molar-refractivity contribution in [3.8, 4) is 0 Å². The maximum absolute atomic E-state index is 12.2. The summed E-state index contributed by atoms with van der Waals surface area (Å²) in [6.07, 6.45) is -4.57. The van der Waals surface area contributed by atoms with Crippen LogP contribution in [0.4, 0.5) is 13.2 Å². The third-order valence-corrected chi connectivity index (χ3v) is 2.83. The van der Waals surface area contributed by atoms with Crippen LogP contribution in [-0.2, 0) is 4.79 Å². The maximum Gasteiger partial charge on any atom is 0.391 e. The Morgan fingerprint density at radius 2 is 2.00 bits per heavy atom. The molecule has 1 aliphatic rings. The highest BCUT2D eigenvalue weighted by molar-refractivity contribution is 5.84. The zero-order valence-corrected chi connectivity index (χ0v) is 10.3. The van der Waals surface area contributed by atoms with Crippen LogP contribution in [-0.4, -0.2) is 41.7 Å². The molecular formula is C11H19F3N2O. The molecule has 0 aromatic heterocycles. The molecule has 100 valence electrons. The molecule has 0 aromatic rings. The lowest BCUT2D eigenvalue weighted by molar-refractivity contribution is -0.151. The molecular weight excluding hydrogens is 233 g/mol. The Balaban J connectivity index is 2.54. The molecule has 1 N–H and O–H groups in total. The van der Waals surface area contributed by atoms with Gasteiger partial charge in [0.05, 0.1) is 12.5 Å². The van der Waals surface area contributed by atoms with E-state index in [0.29, 0.717) is 13.0 Å². The zero-order chi connectivity index (χ0) is 13.2. The number of nitrogens with one attached hydrogen (secondary N) is 1. The van der Waals surface area contributed by atoms with Crippen LogP contribution in [0.1, 0.15) is 33.6 Å². The number of likely N-dealkylation sites (tertiary alicyclic amines) is 1. The largest absolute Gasteiger partial charge is 0.391 e. The van der Waals surface area contributed by atoms with Gasteiger partial charge in [-0.25, -0.2) is 0 Å². The summed E-state index contributed by atoms with van der Waals surface area (Å²) in [4.78, 5) is 13.2. The molecule has 2 atom stereocenters. The molecule has 0 saturated carbocycles. The number of hydrogen-bond acceptors (Lipinski definition) is 2. The summed E-state index contributed by atoms with van der Waals surface area (Å²) in [5.41, 5.74) is 0. The SMILES string of the molecule is CC(C)NC1CCN(C(C)CC(F)(F)F)C1=O. The lowest BCUT2D eigenvalue weighted by Crippen LogP contribution is -2.44. The standard InChI is InChI=1S/C11H19F3N2O/c1-7(2)15-9-4-5-16(10(9)17)8(3)6-11(12,13)14/h7-9,15H,4-6H2,1-3H3. The second-order valence-corrected chi connectivity index (χ2v) is 4.86. The molecule has 1 saturated heterocycles. The van der Waals surface area contributed by atoms with E-state index in [0.717, 1.165) is 0 Å². The third kappa shape index (κ3) is 4.18. The van der Waals surface area contributed by atoms with E-state index in [4.69, 9.17) is 0 Å². The average Bonchev–Trinajstić information content (AvgIpc) is 2.44. The Kier molecular flexibility index (Phi) is 4.41. The molecule has 2 unspecified atom stereocenters. The fourth-order valence-corrected chi connectivity index (χ4v) is 2.14. The lowest BCUT2D eigenvalue weighted by Gasteiger charge is -2.26. The normalized spacial score (nSPS) is 23.6. The van der Waals surface area contributed by atoms with E-state index in [2.05, 4.69) is 5.32 Å². The second kappa shape index (κ2) is 5.25. The van der Waals surface area contributed by atoms with Crippen LogP contribution in [0.5, 0.6) is 0 Å². The Morgan fingerprint density at radius 1 is 1.41 bits per heavy atom. The minimum Gasteiger partial charge on any atom is -0.338 e. The fourth-order valence-electron chi connectivity index (χ4n) is 2.14. The van der Waals surface area contributed by atoms with Crippen LogP contribution in [0.3, 0.4) is 0 Å². The van der Waals surface area contributed by atoms with Crippen molar-refractivity contribution in [1.82, 2.24) is 10.2 Å². The van der Waals surface area contributed by atoms with Gasteiger partial charge in [0.1, 0.15) is 0 Å². The van der Waals surface area contributed by atoms with E-state index in [-0.39, 0.29) is 18.0 Å². The van der Waals surface area contributed by atoms with E-state index >= 15 is 0 Å². The van der Waals surface area contributed by atoms with Gasteiger partial charge in [0.25, 0.3) is 0 Å². The molecule has 6 heteroatoms. The van der Waals surface area contributed by atoms with Crippen molar-refractivity contribution >= 4 is 5.91 Å². The summed E-state index contributed by atoms with van der Waals surface area (Å²) in [6.45, 7) is 5.67. The predicted octanol–water partition coefficient (Wildman–Crippen LogP) is 1.93. The van der Waals surface area contributed by atoms with Gasteiger partial charge >= 0.3 is 6.18 Å². The summed E-state index contributed by atoms with van der Waals surface area (Å²) >= 11 is 0. The summed E-state index contributed by atoms with van der Waals surface area (Å²) in [5.74, 6) is -0.213. The molecule has 1 rings (SSSR count). The van der Waals surface area contributed by atoms with Gasteiger partial charge < -0.3 is 10.2 Å². The molecule has 0 aliphatic carbocycles. The van der Waals surface area contributed by atoms with Crippen LogP contribution in [0.2, 0.25) is 0 Å². The molecule has 1 fully saturated rings. The van der Waals surface area contributed by atoms with Crippen LogP contribution in [0, 0.1) is 0 Å². The van der Waals surface area contributed by atoms with Gasteiger partial charge in [0, 0.05) is 18.6 Å². The Hall–Kier alpha value is -0.780.